The summed E-state index contributed by atoms with van der Waals surface area (Å²) in [7, 11) is 0. The van der Waals surface area contributed by atoms with Gasteiger partial charge in [0.2, 0.25) is 11.9 Å². The van der Waals surface area contributed by atoms with Crippen LogP contribution in [-0.2, 0) is 9.53 Å². The SMILES string of the molecule is CC(C)CNC(=O)CSc1nnc(N2CCOCC2)n1-c1ccccc1. The van der Waals surface area contributed by atoms with Crippen LogP contribution >= 0.6 is 11.8 Å². The van der Waals surface area contributed by atoms with E-state index in [0.717, 1.165) is 29.9 Å². The highest BCUT2D eigenvalue weighted by Gasteiger charge is 2.22. The summed E-state index contributed by atoms with van der Waals surface area (Å²) in [5.41, 5.74) is 0.990. The molecule has 1 fully saturated rings. The minimum absolute atomic E-state index is 0.0132. The fourth-order valence-corrected chi connectivity index (χ4v) is 3.40. The molecule has 1 aliphatic heterocycles. The van der Waals surface area contributed by atoms with Crippen molar-refractivity contribution in [3.63, 3.8) is 0 Å². The smallest absolute Gasteiger partial charge is 0.232 e. The van der Waals surface area contributed by atoms with Gasteiger partial charge >= 0.3 is 0 Å². The van der Waals surface area contributed by atoms with Gasteiger partial charge in [-0.25, -0.2) is 0 Å². The number of nitrogens with one attached hydrogen (secondary N) is 1. The lowest BCUT2D eigenvalue weighted by Gasteiger charge is -2.27. The van der Waals surface area contributed by atoms with Gasteiger partial charge in [0.1, 0.15) is 0 Å². The molecule has 140 valence electrons. The van der Waals surface area contributed by atoms with E-state index in [4.69, 9.17) is 4.74 Å². The number of amides is 1. The average Bonchev–Trinajstić information content (AvgIpc) is 3.10. The topological polar surface area (TPSA) is 72.3 Å². The zero-order chi connectivity index (χ0) is 18.4. The molecule has 0 unspecified atom stereocenters. The van der Waals surface area contributed by atoms with Crippen LogP contribution in [0.5, 0.6) is 0 Å². The Labute approximate surface area is 158 Å². The minimum Gasteiger partial charge on any atom is -0.378 e. The Morgan fingerprint density at radius 1 is 1.23 bits per heavy atom. The van der Waals surface area contributed by atoms with Crippen LogP contribution in [0.3, 0.4) is 0 Å². The van der Waals surface area contributed by atoms with Crippen LogP contribution in [0.2, 0.25) is 0 Å². The largest absolute Gasteiger partial charge is 0.378 e. The molecule has 7 nitrogen and oxygen atoms in total. The molecule has 1 aromatic heterocycles. The maximum Gasteiger partial charge on any atom is 0.232 e. The second-order valence-electron chi connectivity index (χ2n) is 6.54. The first kappa shape index (κ1) is 18.7. The number of aromatic nitrogens is 3. The summed E-state index contributed by atoms with van der Waals surface area (Å²) in [4.78, 5) is 14.2. The first-order valence-corrected chi connectivity index (χ1v) is 9.86. The minimum atomic E-state index is 0.0132. The molecule has 0 atom stereocenters. The second-order valence-corrected chi connectivity index (χ2v) is 7.48. The maximum absolute atomic E-state index is 12.1. The number of carbonyl (C=O) groups excluding carboxylic acids is 1. The van der Waals surface area contributed by atoms with Crippen molar-refractivity contribution < 1.29 is 9.53 Å². The van der Waals surface area contributed by atoms with Crippen molar-refractivity contribution in [1.82, 2.24) is 20.1 Å². The Kier molecular flexibility index (Phi) is 6.51. The fourth-order valence-electron chi connectivity index (χ4n) is 2.63. The van der Waals surface area contributed by atoms with Gasteiger partial charge in [0.05, 0.1) is 24.7 Å². The van der Waals surface area contributed by atoms with Gasteiger partial charge in [-0.1, -0.05) is 43.8 Å². The summed E-state index contributed by atoms with van der Waals surface area (Å²) in [6.45, 7) is 7.77. The molecule has 0 saturated carbocycles. The van der Waals surface area contributed by atoms with E-state index in [0.29, 0.717) is 31.4 Å². The summed E-state index contributed by atoms with van der Waals surface area (Å²) in [5.74, 6) is 1.56. The van der Waals surface area contributed by atoms with E-state index >= 15 is 0 Å². The van der Waals surface area contributed by atoms with Crippen LogP contribution < -0.4 is 10.2 Å². The lowest BCUT2D eigenvalue weighted by atomic mass is 10.2. The quantitative estimate of drug-likeness (QED) is 0.746. The maximum atomic E-state index is 12.1. The highest BCUT2D eigenvalue weighted by molar-refractivity contribution is 7.99. The van der Waals surface area contributed by atoms with Gasteiger partial charge in [0.25, 0.3) is 0 Å². The Hall–Kier alpha value is -2.06. The van der Waals surface area contributed by atoms with E-state index in [2.05, 4.69) is 34.3 Å². The van der Waals surface area contributed by atoms with E-state index in [1.807, 2.05) is 34.9 Å². The number of hydrogen-bond acceptors (Lipinski definition) is 6. The lowest BCUT2D eigenvalue weighted by Crippen LogP contribution is -2.37. The van der Waals surface area contributed by atoms with Gasteiger partial charge < -0.3 is 15.0 Å². The summed E-state index contributed by atoms with van der Waals surface area (Å²) in [6.07, 6.45) is 0. The standard InChI is InChI=1S/C18H25N5O2S/c1-14(2)12-19-16(24)13-26-18-21-20-17(22-8-10-25-11-9-22)23(18)15-6-4-3-5-7-15/h3-7,14H,8-13H2,1-2H3,(H,19,24). The van der Waals surface area contributed by atoms with Crippen LogP contribution in [0.15, 0.2) is 35.5 Å². The number of nitrogens with zero attached hydrogens (tertiary/aromatic N) is 4. The first-order chi connectivity index (χ1) is 12.6. The zero-order valence-electron chi connectivity index (χ0n) is 15.2. The molecule has 0 bridgehead atoms. The Bertz CT molecular complexity index is 714. The fraction of sp³-hybridized carbons (Fsp3) is 0.500. The molecule has 8 heteroatoms. The third-order valence-corrected chi connectivity index (χ3v) is 4.89. The van der Waals surface area contributed by atoms with Gasteiger partial charge in [-0.05, 0) is 18.1 Å². The molecule has 1 aliphatic rings. The monoisotopic (exact) mass is 375 g/mol. The highest BCUT2D eigenvalue weighted by Crippen LogP contribution is 2.27. The predicted molar refractivity (Wildman–Crippen MR) is 103 cm³/mol. The van der Waals surface area contributed by atoms with Crippen molar-refractivity contribution in [1.29, 1.82) is 0 Å². The summed E-state index contributed by atoms with van der Waals surface area (Å²) in [6, 6.07) is 10.0. The molecule has 0 radical (unpaired) electrons. The highest BCUT2D eigenvalue weighted by atomic mass is 32.2. The Morgan fingerprint density at radius 3 is 2.65 bits per heavy atom. The molecule has 2 heterocycles. The second kappa shape index (κ2) is 9.05. The van der Waals surface area contributed by atoms with Crippen molar-refractivity contribution in [2.75, 3.05) is 43.5 Å². The van der Waals surface area contributed by atoms with E-state index < -0.39 is 0 Å². The van der Waals surface area contributed by atoms with Crippen molar-refractivity contribution >= 4 is 23.6 Å². The number of ether oxygens (including phenoxy) is 1. The molecule has 0 aliphatic carbocycles. The van der Waals surface area contributed by atoms with E-state index in [1.165, 1.54) is 11.8 Å². The van der Waals surface area contributed by atoms with Gasteiger partial charge in [0, 0.05) is 19.6 Å². The van der Waals surface area contributed by atoms with Crippen molar-refractivity contribution in [3.05, 3.63) is 30.3 Å². The van der Waals surface area contributed by atoms with Gasteiger partial charge in [0.15, 0.2) is 5.16 Å². The number of hydrogen-bond donors (Lipinski definition) is 1. The van der Waals surface area contributed by atoms with Gasteiger partial charge in [-0.3, -0.25) is 9.36 Å². The van der Waals surface area contributed by atoms with Crippen molar-refractivity contribution in [2.45, 2.75) is 19.0 Å². The lowest BCUT2D eigenvalue weighted by molar-refractivity contribution is -0.118. The van der Waals surface area contributed by atoms with Gasteiger partial charge in [-0.15, -0.1) is 10.2 Å². The number of carbonyl (C=O) groups is 1. The molecule has 26 heavy (non-hydrogen) atoms. The molecule has 1 aromatic carbocycles. The third-order valence-electron chi connectivity index (χ3n) is 3.96. The van der Waals surface area contributed by atoms with Crippen LogP contribution in [0.25, 0.3) is 5.69 Å². The number of rotatable bonds is 7. The average molecular weight is 375 g/mol. The number of thioether (sulfide) groups is 1. The molecule has 2 aromatic rings. The number of anilines is 1. The molecule has 3 rings (SSSR count). The van der Waals surface area contributed by atoms with Gasteiger partial charge in [-0.2, -0.15) is 0 Å². The summed E-state index contributed by atoms with van der Waals surface area (Å²) in [5, 5.41) is 12.4. The Balaban J connectivity index is 1.79. The zero-order valence-corrected chi connectivity index (χ0v) is 16.0. The molecule has 1 saturated heterocycles. The molecular weight excluding hydrogens is 350 g/mol. The van der Waals surface area contributed by atoms with Crippen molar-refractivity contribution in [3.8, 4) is 5.69 Å². The van der Waals surface area contributed by atoms with E-state index in [1.54, 1.807) is 0 Å². The van der Waals surface area contributed by atoms with E-state index in [-0.39, 0.29) is 5.91 Å². The van der Waals surface area contributed by atoms with Crippen LogP contribution in [0.4, 0.5) is 5.95 Å². The predicted octanol–water partition coefficient (Wildman–Crippen LogP) is 1.97. The first-order valence-electron chi connectivity index (χ1n) is 8.88. The molecule has 0 spiro atoms. The van der Waals surface area contributed by atoms with Crippen LogP contribution in [0.1, 0.15) is 13.8 Å². The van der Waals surface area contributed by atoms with Crippen LogP contribution in [0, 0.1) is 5.92 Å². The van der Waals surface area contributed by atoms with E-state index in [9.17, 15) is 4.79 Å². The number of benzene rings is 1. The summed E-state index contributed by atoms with van der Waals surface area (Å²) >= 11 is 1.41. The molecule has 1 N–H and O–H groups in total. The number of para-hydroxylation sites is 1. The Morgan fingerprint density at radius 2 is 1.96 bits per heavy atom. The molecule has 1 amide bonds. The summed E-state index contributed by atoms with van der Waals surface area (Å²) < 4.78 is 7.46. The van der Waals surface area contributed by atoms with Crippen LogP contribution in [-0.4, -0.2) is 59.3 Å². The number of morpholine rings is 1. The normalized spacial score (nSPS) is 14.7. The van der Waals surface area contributed by atoms with Crippen molar-refractivity contribution in [2.24, 2.45) is 5.92 Å². The third kappa shape index (κ3) is 4.76. The molecular formula is C18H25N5O2S.